The first kappa shape index (κ1) is 21.3. The third-order valence-electron chi connectivity index (χ3n) is 4.42. The van der Waals surface area contributed by atoms with Gasteiger partial charge in [-0.25, -0.2) is 22.5 Å². The number of nitrogens with one attached hydrogen (secondary N) is 1. The minimum atomic E-state index is -4.47. The molecule has 1 saturated heterocycles. The van der Waals surface area contributed by atoms with E-state index in [-0.39, 0.29) is 23.8 Å². The van der Waals surface area contributed by atoms with Gasteiger partial charge in [0.1, 0.15) is 5.82 Å². The van der Waals surface area contributed by atoms with Crippen LogP contribution in [-0.4, -0.2) is 39.1 Å². The summed E-state index contributed by atoms with van der Waals surface area (Å²) < 4.78 is 84.5. The quantitative estimate of drug-likeness (QED) is 0.709. The fourth-order valence-corrected chi connectivity index (χ4v) is 4.29. The molecule has 2 heterocycles. The van der Waals surface area contributed by atoms with E-state index >= 15 is 0 Å². The standard InChI is InChI=1S/C18H19F4N3O3S/c1-2-28-16-5-4-14(9-15(16)19)29(26,27)24-13-7-8-25(11-13)17-6-3-12(10-23-17)18(20,21)22/h3-6,9-10,13,24H,2,7-8,11H2,1H3/t13-/m0/s1. The fraction of sp³-hybridized carbons (Fsp3) is 0.389. The van der Waals surface area contributed by atoms with E-state index in [0.29, 0.717) is 18.8 Å². The van der Waals surface area contributed by atoms with Crippen LogP contribution in [0.15, 0.2) is 41.4 Å². The summed E-state index contributed by atoms with van der Waals surface area (Å²) in [6.07, 6.45) is -3.29. The van der Waals surface area contributed by atoms with E-state index in [2.05, 4.69) is 9.71 Å². The summed E-state index contributed by atoms with van der Waals surface area (Å²) in [4.78, 5) is 5.27. The molecule has 0 unspecified atom stereocenters. The molecule has 29 heavy (non-hydrogen) atoms. The normalized spacial score (nSPS) is 17.6. The van der Waals surface area contributed by atoms with Crippen molar-refractivity contribution in [3.05, 3.63) is 47.9 Å². The van der Waals surface area contributed by atoms with Crippen LogP contribution in [0.4, 0.5) is 23.4 Å². The number of rotatable bonds is 6. The second kappa shape index (κ2) is 8.15. The lowest BCUT2D eigenvalue weighted by molar-refractivity contribution is -0.137. The molecule has 2 aromatic rings. The molecule has 1 atom stereocenters. The lowest BCUT2D eigenvalue weighted by Gasteiger charge is -2.18. The molecule has 1 N–H and O–H groups in total. The maximum Gasteiger partial charge on any atom is 0.417 e. The Bertz CT molecular complexity index is 965. The molecule has 6 nitrogen and oxygen atoms in total. The summed E-state index contributed by atoms with van der Waals surface area (Å²) in [6, 6.07) is 5.08. The molecule has 3 rings (SSSR count). The largest absolute Gasteiger partial charge is 0.491 e. The Morgan fingerprint density at radius 3 is 2.62 bits per heavy atom. The number of sulfonamides is 1. The summed E-state index contributed by atoms with van der Waals surface area (Å²) in [7, 11) is -3.97. The fourth-order valence-electron chi connectivity index (χ4n) is 3.01. The van der Waals surface area contributed by atoms with Gasteiger partial charge in [-0.15, -0.1) is 0 Å². The van der Waals surface area contributed by atoms with E-state index in [1.165, 1.54) is 18.2 Å². The monoisotopic (exact) mass is 433 g/mol. The highest BCUT2D eigenvalue weighted by atomic mass is 32.2. The van der Waals surface area contributed by atoms with Crippen LogP contribution >= 0.6 is 0 Å². The highest BCUT2D eigenvalue weighted by Crippen LogP contribution is 2.30. The van der Waals surface area contributed by atoms with Gasteiger partial charge >= 0.3 is 6.18 Å². The molecule has 0 saturated carbocycles. The summed E-state index contributed by atoms with van der Waals surface area (Å²) in [5.41, 5.74) is -0.852. The van der Waals surface area contributed by atoms with Gasteiger partial charge in [-0.05, 0) is 43.7 Å². The van der Waals surface area contributed by atoms with Crippen LogP contribution in [0.2, 0.25) is 0 Å². The van der Waals surface area contributed by atoms with Gasteiger partial charge in [-0.3, -0.25) is 0 Å². The average Bonchev–Trinajstić information content (AvgIpc) is 3.10. The Morgan fingerprint density at radius 2 is 2.03 bits per heavy atom. The summed E-state index contributed by atoms with van der Waals surface area (Å²) in [5, 5.41) is 0. The Balaban J connectivity index is 1.66. The smallest absolute Gasteiger partial charge is 0.417 e. The van der Waals surface area contributed by atoms with Crippen LogP contribution in [-0.2, 0) is 16.2 Å². The van der Waals surface area contributed by atoms with Gasteiger partial charge in [-0.2, -0.15) is 13.2 Å². The van der Waals surface area contributed by atoms with Crippen molar-refractivity contribution in [2.24, 2.45) is 0 Å². The summed E-state index contributed by atoms with van der Waals surface area (Å²) in [6.45, 7) is 2.58. The predicted molar refractivity (Wildman–Crippen MR) is 97.7 cm³/mol. The van der Waals surface area contributed by atoms with Crippen molar-refractivity contribution in [2.75, 3.05) is 24.6 Å². The van der Waals surface area contributed by atoms with E-state index in [4.69, 9.17) is 4.74 Å². The molecule has 11 heteroatoms. The minimum Gasteiger partial charge on any atom is -0.491 e. The van der Waals surface area contributed by atoms with Gasteiger partial charge in [-0.1, -0.05) is 0 Å². The van der Waals surface area contributed by atoms with Crippen molar-refractivity contribution in [3.63, 3.8) is 0 Å². The van der Waals surface area contributed by atoms with Crippen LogP contribution in [0.25, 0.3) is 0 Å². The Morgan fingerprint density at radius 1 is 1.28 bits per heavy atom. The lowest BCUT2D eigenvalue weighted by atomic mass is 10.3. The number of pyridine rings is 1. The Kier molecular flexibility index (Phi) is 5.99. The second-order valence-electron chi connectivity index (χ2n) is 6.48. The number of anilines is 1. The van der Waals surface area contributed by atoms with Crippen molar-refractivity contribution in [1.82, 2.24) is 9.71 Å². The number of hydrogen-bond donors (Lipinski definition) is 1. The number of aromatic nitrogens is 1. The highest BCUT2D eigenvalue weighted by molar-refractivity contribution is 7.89. The van der Waals surface area contributed by atoms with Gasteiger partial charge in [0.2, 0.25) is 10.0 Å². The highest BCUT2D eigenvalue weighted by Gasteiger charge is 2.32. The van der Waals surface area contributed by atoms with E-state index in [0.717, 1.165) is 18.3 Å². The van der Waals surface area contributed by atoms with Crippen LogP contribution in [0.3, 0.4) is 0 Å². The van der Waals surface area contributed by atoms with Gasteiger partial charge in [0.25, 0.3) is 0 Å². The summed E-state index contributed by atoms with van der Waals surface area (Å²) in [5.74, 6) is -0.490. The SMILES string of the molecule is CCOc1ccc(S(=O)(=O)N[C@H]2CCN(c3ccc(C(F)(F)F)cn3)C2)cc1F. The van der Waals surface area contributed by atoms with E-state index < -0.39 is 33.6 Å². The van der Waals surface area contributed by atoms with Gasteiger partial charge in [0, 0.05) is 25.3 Å². The first-order valence-corrected chi connectivity index (χ1v) is 10.3. The molecule has 1 aromatic heterocycles. The molecule has 158 valence electrons. The van der Waals surface area contributed by atoms with Gasteiger partial charge in [0.05, 0.1) is 17.1 Å². The third-order valence-corrected chi connectivity index (χ3v) is 5.94. The van der Waals surface area contributed by atoms with Crippen LogP contribution in [0.5, 0.6) is 5.75 Å². The van der Waals surface area contributed by atoms with Crippen molar-refractivity contribution in [2.45, 2.75) is 30.5 Å². The average molecular weight is 433 g/mol. The molecule has 1 aliphatic heterocycles. The molecular formula is C18H19F4N3O3S. The van der Waals surface area contributed by atoms with Crippen LogP contribution in [0, 0.1) is 5.82 Å². The topological polar surface area (TPSA) is 71.5 Å². The van der Waals surface area contributed by atoms with Crippen molar-refractivity contribution in [1.29, 1.82) is 0 Å². The first-order valence-electron chi connectivity index (χ1n) is 8.83. The van der Waals surface area contributed by atoms with E-state index in [9.17, 15) is 26.0 Å². The minimum absolute atomic E-state index is 0.0353. The van der Waals surface area contributed by atoms with Crippen LogP contribution < -0.4 is 14.4 Å². The van der Waals surface area contributed by atoms with Gasteiger partial charge < -0.3 is 9.64 Å². The van der Waals surface area contributed by atoms with Crippen molar-refractivity contribution in [3.8, 4) is 5.75 Å². The molecule has 0 spiro atoms. The Labute approximate surface area is 165 Å². The zero-order valence-electron chi connectivity index (χ0n) is 15.4. The van der Waals surface area contributed by atoms with E-state index in [1.54, 1.807) is 11.8 Å². The zero-order valence-corrected chi connectivity index (χ0v) is 16.2. The maximum absolute atomic E-state index is 14.0. The first-order chi connectivity index (χ1) is 13.6. The predicted octanol–water partition coefficient (Wildman–Crippen LogP) is 3.20. The summed E-state index contributed by atoms with van der Waals surface area (Å²) >= 11 is 0. The number of halogens is 4. The molecule has 0 radical (unpaired) electrons. The molecule has 1 fully saturated rings. The maximum atomic E-state index is 14.0. The van der Waals surface area contributed by atoms with Crippen molar-refractivity contribution < 1.29 is 30.7 Å². The molecule has 0 amide bonds. The number of benzene rings is 1. The number of alkyl halides is 3. The molecule has 0 aliphatic carbocycles. The number of nitrogens with zero attached hydrogens (tertiary/aromatic N) is 2. The number of ether oxygens (including phenoxy) is 1. The van der Waals surface area contributed by atoms with Gasteiger partial charge in [0.15, 0.2) is 11.6 Å². The molecule has 1 aromatic carbocycles. The third kappa shape index (κ3) is 4.96. The Hall–Kier alpha value is -2.40. The second-order valence-corrected chi connectivity index (χ2v) is 8.19. The van der Waals surface area contributed by atoms with Crippen molar-refractivity contribution >= 4 is 15.8 Å². The molecule has 1 aliphatic rings. The van der Waals surface area contributed by atoms with Crippen LogP contribution in [0.1, 0.15) is 18.9 Å². The number of hydrogen-bond acceptors (Lipinski definition) is 5. The molecule has 0 bridgehead atoms. The zero-order chi connectivity index (χ0) is 21.2. The molecular weight excluding hydrogens is 414 g/mol. The lowest BCUT2D eigenvalue weighted by Crippen LogP contribution is -2.37. The van der Waals surface area contributed by atoms with E-state index in [1.807, 2.05) is 0 Å².